The summed E-state index contributed by atoms with van der Waals surface area (Å²) in [6, 6.07) is 0. The van der Waals surface area contributed by atoms with Crippen molar-refractivity contribution in [3.63, 3.8) is 0 Å². The summed E-state index contributed by atoms with van der Waals surface area (Å²) in [7, 11) is -1.15. The second kappa shape index (κ2) is 6.34. The third-order valence-electron chi connectivity index (χ3n) is 5.46. The first-order valence-corrected chi connectivity index (χ1v) is 8.79. The number of unbranched alkanes of at least 4 members (excludes halogenated alkanes) is 2. The molecule has 2 rings (SSSR count). The summed E-state index contributed by atoms with van der Waals surface area (Å²) in [6.07, 6.45) is 3.34. The van der Waals surface area contributed by atoms with Crippen LogP contribution in [-0.2, 0) is 23.4 Å². The number of hydrogen-bond acceptors (Lipinski definition) is 5. The molecular weight excluding hydrogens is 294 g/mol. The van der Waals surface area contributed by atoms with E-state index >= 15 is 0 Å². The first-order chi connectivity index (χ1) is 10.4. The van der Waals surface area contributed by atoms with Gasteiger partial charge >= 0.3 is 14.0 Å². The van der Waals surface area contributed by atoms with Crippen LogP contribution in [0.5, 0.6) is 0 Å². The molecule has 2 fully saturated rings. The van der Waals surface area contributed by atoms with E-state index in [-0.39, 0.29) is 0 Å². The van der Waals surface area contributed by atoms with Gasteiger partial charge in [-0.25, -0.2) is 0 Å². The van der Waals surface area contributed by atoms with Gasteiger partial charge in [0.15, 0.2) is 5.79 Å². The lowest BCUT2D eigenvalue weighted by molar-refractivity contribution is -0.215. The average molecular weight is 326 g/mol. The van der Waals surface area contributed by atoms with Gasteiger partial charge in [-0.3, -0.25) is 0 Å². The van der Waals surface area contributed by atoms with Crippen molar-refractivity contribution in [3.05, 3.63) is 0 Å². The van der Waals surface area contributed by atoms with E-state index in [1.807, 2.05) is 48.5 Å². The number of hydrogen-bond donors (Lipinski definition) is 0. The molecule has 0 aromatic heterocycles. The van der Waals surface area contributed by atoms with E-state index in [9.17, 15) is 0 Å². The Balaban J connectivity index is 2.02. The van der Waals surface area contributed by atoms with Crippen LogP contribution in [0, 0.1) is 0 Å². The van der Waals surface area contributed by atoms with Gasteiger partial charge in [-0.05, 0) is 54.9 Å². The van der Waals surface area contributed by atoms with Crippen molar-refractivity contribution < 1.29 is 23.4 Å². The van der Waals surface area contributed by atoms with Crippen molar-refractivity contribution in [2.75, 3.05) is 6.61 Å². The molecule has 0 aromatic rings. The highest BCUT2D eigenvalue weighted by atomic mass is 16.8. The zero-order valence-corrected chi connectivity index (χ0v) is 16.0. The topological polar surface area (TPSA) is 46.2 Å². The summed E-state index contributed by atoms with van der Waals surface area (Å²) < 4.78 is 30.4. The van der Waals surface area contributed by atoms with Crippen LogP contribution in [0.15, 0.2) is 0 Å². The normalized spacial score (nSPS) is 31.8. The lowest BCUT2D eigenvalue weighted by atomic mass is 9.49. The smallest absolute Gasteiger partial charge is 0.405 e. The Bertz CT molecular complexity index is 411. The Labute approximate surface area is 142 Å². The fourth-order valence-electron chi connectivity index (χ4n) is 2.72. The standard InChI is InChI=1S/C16H32B2O5/c1-9-10-11-12-19-16(8)15(6,7)22-18(23-16)17-20-13(2,3)14(4,5)21-17/h9-12H2,1-8H3. The molecule has 1 atom stereocenters. The minimum absolute atomic E-state index is 0.407. The monoisotopic (exact) mass is 326 g/mol. The summed E-state index contributed by atoms with van der Waals surface area (Å²) in [5.74, 6) is -0.811. The molecule has 5 nitrogen and oxygen atoms in total. The zero-order valence-electron chi connectivity index (χ0n) is 16.0. The van der Waals surface area contributed by atoms with Crippen LogP contribution >= 0.6 is 0 Å². The first kappa shape index (κ1) is 19.3. The van der Waals surface area contributed by atoms with Crippen LogP contribution in [0.4, 0.5) is 0 Å². The van der Waals surface area contributed by atoms with E-state index in [1.165, 1.54) is 0 Å². The molecule has 1 unspecified atom stereocenters. The maximum atomic E-state index is 6.12. The quantitative estimate of drug-likeness (QED) is 0.553. The molecule has 0 bridgehead atoms. The van der Waals surface area contributed by atoms with Gasteiger partial charge in [0.1, 0.15) is 5.60 Å². The van der Waals surface area contributed by atoms with Crippen molar-refractivity contribution in [1.82, 2.24) is 0 Å². The lowest BCUT2D eigenvalue weighted by Gasteiger charge is -2.36. The fraction of sp³-hybridized carbons (Fsp3) is 1.00. The fourth-order valence-corrected chi connectivity index (χ4v) is 2.72. The van der Waals surface area contributed by atoms with Gasteiger partial charge in [0.25, 0.3) is 0 Å². The van der Waals surface area contributed by atoms with Crippen LogP contribution in [-0.4, -0.2) is 43.2 Å². The largest absolute Gasteiger partial charge is 0.490 e. The minimum Gasteiger partial charge on any atom is -0.405 e. The Morgan fingerprint density at radius 1 is 0.696 bits per heavy atom. The Morgan fingerprint density at radius 3 is 1.70 bits per heavy atom. The molecule has 2 saturated heterocycles. The molecule has 0 N–H and O–H groups in total. The third-order valence-corrected chi connectivity index (χ3v) is 5.46. The molecule has 23 heavy (non-hydrogen) atoms. The van der Waals surface area contributed by atoms with E-state index in [1.54, 1.807) is 0 Å². The number of rotatable bonds is 6. The average Bonchev–Trinajstić information content (AvgIpc) is 2.77. The summed E-state index contributed by atoms with van der Waals surface area (Å²) in [5.41, 5.74) is -1.39. The van der Waals surface area contributed by atoms with E-state index in [0.717, 1.165) is 19.3 Å². The van der Waals surface area contributed by atoms with Gasteiger partial charge in [0.2, 0.25) is 0 Å². The van der Waals surface area contributed by atoms with Crippen molar-refractivity contribution >= 4 is 14.0 Å². The molecule has 0 saturated carbocycles. The molecule has 0 aliphatic carbocycles. The summed E-state index contributed by atoms with van der Waals surface area (Å²) in [4.78, 5) is 0. The second-order valence-electron chi connectivity index (χ2n) is 8.24. The molecule has 0 radical (unpaired) electrons. The maximum absolute atomic E-state index is 6.12. The Morgan fingerprint density at radius 2 is 1.17 bits per heavy atom. The lowest BCUT2D eigenvalue weighted by Crippen LogP contribution is -2.47. The first-order valence-electron chi connectivity index (χ1n) is 8.79. The van der Waals surface area contributed by atoms with Crippen LogP contribution in [0.1, 0.15) is 74.7 Å². The highest BCUT2D eigenvalue weighted by Gasteiger charge is 2.65. The van der Waals surface area contributed by atoms with E-state index in [4.69, 9.17) is 23.4 Å². The van der Waals surface area contributed by atoms with Gasteiger partial charge in [-0.2, -0.15) is 0 Å². The molecule has 2 aliphatic rings. The zero-order chi connectivity index (χ0) is 17.5. The van der Waals surface area contributed by atoms with Crippen molar-refractivity contribution in [1.29, 1.82) is 0 Å². The minimum atomic E-state index is -0.811. The molecule has 7 heteroatoms. The van der Waals surface area contributed by atoms with Gasteiger partial charge in [-0.1, -0.05) is 19.8 Å². The highest BCUT2D eigenvalue weighted by Crippen LogP contribution is 2.43. The van der Waals surface area contributed by atoms with E-state index in [2.05, 4.69) is 6.92 Å². The van der Waals surface area contributed by atoms with Gasteiger partial charge < -0.3 is 23.4 Å². The SMILES string of the molecule is CCCCCOC1(C)OB(B2OC(C)(C)C(C)(C)O2)OC1(C)C. The molecule has 0 spiro atoms. The summed E-state index contributed by atoms with van der Waals surface area (Å²) in [5, 5.41) is 0. The van der Waals surface area contributed by atoms with Crippen molar-refractivity contribution in [2.45, 2.75) is 97.2 Å². The van der Waals surface area contributed by atoms with Crippen LogP contribution < -0.4 is 0 Å². The molecule has 2 heterocycles. The Hall–Kier alpha value is -0.0701. The third kappa shape index (κ3) is 3.64. The summed E-state index contributed by atoms with van der Waals surface area (Å²) >= 11 is 0. The molecular formula is C16H32B2O5. The molecule has 0 aromatic carbocycles. The predicted molar refractivity (Wildman–Crippen MR) is 92.0 cm³/mol. The van der Waals surface area contributed by atoms with Crippen LogP contribution in [0.2, 0.25) is 0 Å². The second-order valence-corrected chi connectivity index (χ2v) is 8.24. The predicted octanol–water partition coefficient (Wildman–Crippen LogP) is 3.39. The van der Waals surface area contributed by atoms with E-state index in [0.29, 0.717) is 6.61 Å². The Kier molecular flexibility index (Phi) is 5.31. The van der Waals surface area contributed by atoms with Crippen molar-refractivity contribution in [3.8, 4) is 0 Å². The highest BCUT2D eigenvalue weighted by molar-refractivity contribution is 7.11. The van der Waals surface area contributed by atoms with Crippen molar-refractivity contribution in [2.24, 2.45) is 0 Å². The van der Waals surface area contributed by atoms with Gasteiger partial charge in [-0.15, -0.1) is 0 Å². The van der Waals surface area contributed by atoms with Crippen LogP contribution in [0.25, 0.3) is 0 Å². The van der Waals surface area contributed by atoms with Crippen LogP contribution in [0.3, 0.4) is 0 Å². The van der Waals surface area contributed by atoms with E-state index < -0.39 is 36.6 Å². The molecule has 0 amide bonds. The molecule has 2 aliphatic heterocycles. The number of ether oxygens (including phenoxy) is 1. The van der Waals surface area contributed by atoms with Gasteiger partial charge in [0.05, 0.1) is 17.8 Å². The molecule has 132 valence electrons. The van der Waals surface area contributed by atoms with Gasteiger partial charge in [0, 0.05) is 0 Å². The maximum Gasteiger partial charge on any atom is 0.490 e. The summed E-state index contributed by atoms with van der Waals surface area (Å²) in [6.45, 7) is 16.8.